The first-order valence-electron chi connectivity index (χ1n) is 6.27. The van der Waals surface area contributed by atoms with Gasteiger partial charge >= 0.3 is 0 Å². The molecule has 0 spiro atoms. The number of nitrogens with one attached hydrogen (secondary N) is 1. The van der Waals surface area contributed by atoms with Crippen LogP contribution in [0.25, 0.3) is 0 Å². The van der Waals surface area contributed by atoms with Gasteiger partial charge in [-0.3, -0.25) is 0 Å². The molecule has 0 amide bonds. The Kier molecular flexibility index (Phi) is 5.78. The second-order valence-corrected chi connectivity index (χ2v) is 5.96. The Hall–Kier alpha value is -1.11. The van der Waals surface area contributed by atoms with Gasteiger partial charge in [0.05, 0.1) is 11.5 Å². The second-order valence-electron chi connectivity index (χ2n) is 4.22. The number of aliphatic hydroxyl groups excluding tert-OH is 1. The number of ether oxygens (including phenoxy) is 1. The Morgan fingerprint density at radius 3 is 2.53 bits per heavy atom. The number of benzene rings is 1. The summed E-state index contributed by atoms with van der Waals surface area (Å²) in [5.41, 5.74) is 1.51. The van der Waals surface area contributed by atoms with E-state index in [1.54, 1.807) is 19.1 Å². The fraction of sp³-hybridized carbons (Fsp3) is 0.538. The van der Waals surface area contributed by atoms with Crippen molar-refractivity contribution in [1.82, 2.24) is 4.72 Å². The molecule has 5 nitrogen and oxygen atoms in total. The Labute approximate surface area is 114 Å². The van der Waals surface area contributed by atoms with Gasteiger partial charge < -0.3 is 9.84 Å². The molecule has 0 fully saturated rings. The maximum absolute atomic E-state index is 12.1. The largest absolute Gasteiger partial charge is 0.494 e. The van der Waals surface area contributed by atoms with Gasteiger partial charge in [0.2, 0.25) is 10.0 Å². The van der Waals surface area contributed by atoms with E-state index in [0.717, 1.165) is 5.56 Å². The predicted octanol–water partition coefficient (Wildman–Crippen LogP) is 1.36. The van der Waals surface area contributed by atoms with E-state index < -0.39 is 10.0 Å². The highest BCUT2D eigenvalue weighted by Gasteiger charge is 2.18. The van der Waals surface area contributed by atoms with Crippen molar-refractivity contribution in [2.75, 3.05) is 19.8 Å². The first kappa shape index (κ1) is 15.9. The second kappa shape index (κ2) is 6.88. The number of aliphatic hydroxyl groups is 1. The Bertz CT molecular complexity index is 526. The smallest absolute Gasteiger partial charge is 0.240 e. The van der Waals surface area contributed by atoms with E-state index in [9.17, 15) is 8.42 Å². The van der Waals surface area contributed by atoms with Crippen LogP contribution in [-0.4, -0.2) is 33.3 Å². The van der Waals surface area contributed by atoms with Crippen molar-refractivity contribution in [3.05, 3.63) is 23.3 Å². The number of hydrogen-bond acceptors (Lipinski definition) is 4. The lowest BCUT2D eigenvalue weighted by Gasteiger charge is -2.14. The molecule has 0 bridgehead atoms. The standard InChI is InChI=1S/C13H21NO4S/c1-4-18-12-6-7-13(11(3)10(12)2)19(16,17)14-8-5-9-15/h6-7,14-15H,4-5,8-9H2,1-3H3. The number of hydrogen-bond donors (Lipinski definition) is 2. The van der Waals surface area contributed by atoms with Crippen LogP contribution >= 0.6 is 0 Å². The summed E-state index contributed by atoms with van der Waals surface area (Å²) in [6, 6.07) is 3.22. The van der Waals surface area contributed by atoms with Gasteiger partial charge in [0.25, 0.3) is 0 Å². The number of rotatable bonds is 7. The summed E-state index contributed by atoms with van der Waals surface area (Å²) in [7, 11) is -3.53. The van der Waals surface area contributed by atoms with E-state index in [-0.39, 0.29) is 18.0 Å². The lowest BCUT2D eigenvalue weighted by atomic mass is 10.1. The monoisotopic (exact) mass is 287 g/mol. The zero-order valence-electron chi connectivity index (χ0n) is 11.6. The third kappa shape index (κ3) is 3.92. The molecule has 2 N–H and O–H groups in total. The molecule has 1 aromatic carbocycles. The maximum atomic E-state index is 12.1. The van der Waals surface area contributed by atoms with E-state index in [1.807, 2.05) is 13.8 Å². The molecule has 0 heterocycles. The van der Waals surface area contributed by atoms with Gasteiger partial charge in [-0.2, -0.15) is 0 Å². The molecule has 1 rings (SSSR count). The summed E-state index contributed by atoms with van der Waals surface area (Å²) >= 11 is 0. The van der Waals surface area contributed by atoms with Gasteiger partial charge in [-0.15, -0.1) is 0 Å². The molecule has 0 aliphatic heterocycles. The zero-order chi connectivity index (χ0) is 14.5. The Morgan fingerprint density at radius 2 is 1.95 bits per heavy atom. The minimum absolute atomic E-state index is 0.0379. The van der Waals surface area contributed by atoms with Crippen LogP contribution in [0, 0.1) is 13.8 Å². The van der Waals surface area contributed by atoms with Crippen LogP contribution in [0.1, 0.15) is 24.5 Å². The van der Waals surface area contributed by atoms with Crippen LogP contribution in [0.4, 0.5) is 0 Å². The average molecular weight is 287 g/mol. The maximum Gasteiger partial charge on any atom is 0.240 e. The predicted molar refractivity (Wildman–Crippen MR) is 74.0 cm³/mol. The highest BCUT2D eigenvalue weighted by atomic mass is 32.2. The summed E-state index contributed by atoms with van der Waals surface area (Å²) < 4.78 is 32.1. The third-order valence-electron chi connectivity index (χ3n) is 2.90. The van der Waals surface area contributed by atoms with Gasteiger partial charge in [0.1, 0.15) is 5.75 Å². The van der Waals surface area contributed by atoms with Crippen molar-refractivity contribution in [2.45, 2.75) is 32.1 Å². The lowest BCUT2D eigenvalue weighted by molar-refractivity contribution is 0.289. The summed E-state index contributed by atoms with van der Waals surface area (Å²) in [6.07, 6.45) is 0.397. The van der Waals surface area contributed by atoms with E-state index >= 15 is 0 Å². The highest BCUT2D eigenvalue weighted by molar-refractivity contribution is 7.89. The van der Waals surface area contributed by atoms with Crippen LogP contribution in [-0.2, 0) is 10.0 Å². The van der Waals surface area contributed by atoms with Crippen molar-refractivity contribution < 1.29 is 18.3 Å². The summed E-state index contributed by atoms with van der Waals surface area (Å²) in [4.78, 5) is 0.256. The van der Waals surface area contributed by atoms with E-state index in [0.29, 0.717) is 24.3 Å². The summed E-state index contributed by atoms with van der Waals surface area (Å²) in [6.45, 7) is 6.22. The Balaban J connectivity index is 3.04. The van der Waals surface area contributed by atoms with Gasteiger partial charge in [-0.1, -0.05) is 0 Å². The topological polar surface area (TPSA) is 75.6 Å². The molecule has 0 atom stereocenters. The van der Waals surface area contributed by atoms with Crippen molar-refractivity contribution >= 4 is 10.0 Å². The fourth-order valence-electron chi connectivity index (χ4n) is 1.74. The van der Waals surface area contributed by atoms with Crippen LogP contribution < -0.4 is 9.46 Å². The molecule has 108 valence electrons. The SMILES string of the molecule is CCOc1ccc(S(=O)(=O)NCCCO)c(C)c1C. The van der Waals surface area contributed by atoms with E-state index in [1.165, 1.54) is 0 Å². The molecule has 19 heavy (non-hydrogen) atoms. The first-order chi connectivity index (χ1) is 8.94. The molecule has 0 saturated carbocycles. The summed E-state index contributed by atoms with van der Waals surface area (Å²) in [5.74, 6) is 0.703. The van der Waals surface area contributed by atoms with Crippen molar-refractivity contribution in [2.24, 2.45) is 0 Å². The van der Waals surface area contributed by atoms with Crippen molar-refractivity contribution in [3.8, 4) is 5.75 Å². The molecule has 6 heteroatoms. The molecule has 0 aromatic heterocycles. The van der Waals surface area contributed by atoms with Crippen LogP contribution in [0.15, 0.2) is 17.0 Å². The molecule has 0 saturated heterocycles. The minimum Gasteiger partial charge on any atom is -0.494 e. The molecule has 0 aliphatic carbocycles. The fourth-order valence-corrected chi connectivity index (χ4v) is 3.11. The van der Waals surface area contributed by atoms with E-state index in [4.69, 9.17) is 9.84 Å². The zero-order valence-corrected chi connectivity index (χ0v) is 12.4. The van der Waals surface area contributed by atoms with Gasteiger partial charge in [0.15, 0.2) is 0 Å². The molecular weight excluding hydrogens is 266 g/mol. The molecule has 0 aliphatic rings. The normalized spacial score (nSPS) is 11.6. The summed E-state index contributed by atoms with van der Waals surface area (Å²) in [5, 5.41) is 8.68. The lowest BCUT2D eigenvalue weighted by Crippen LogP contribution is -2.26. The average Bonchev–Trinajstić information content (AvgIpc) is 2.35. The minimum atomic E-state index is -3.53. The number of sulfonamides is 1. The quantitative estimate of drug-likeness (QED) is 0.743. The van der Waals surface area contributed by atoms with Gasteiger partial charge in [-0.05, 0) is 50.5 Å². The van der Waals surface area contributed by atoms with Crippen LogP contribution in [0.3, 0.4) is 0 Å². The van der Waals surface area contributed by atoms with E-state index in [2.05, 4.69) is 4.72 Å². The molecule has 0 radical (unpaired) electrons. The van der Waals surface area contributed by atoms with Crippen LogP contribution in [0.5, 0.6) is 5.75 Å². The van der Waals surface area contributed by atoms with Gasteiger partial charge in [0, 0.05) is 13.2 Å². The van der Waals surface area contributed by atoms with Crippen LogP contribution in [0.2, 0.25) is 0 Å². The third-order valence-corrected chi connectivity index (χ3v) is 4.51. The molecule has 0 unspecified atom stereocenters. The van der Waals surface area contributed by atoms with Gasteiger partial charge in [-0.25, -0.2) is 13.1 Å². The van der Waals surface area contributed by atoms with Crippen molar-refractivity contribution in [1.29, 1.82) is 0 Å². The Morgan fingerprint density at radius 1 is 1.26 bits per heavy atom. The molecular formula is C13H21NO4S. The first-order valence-corrected chi connectivity index (χ1v) is 7.76. The molecule has 1 aromatic rings. The highest BCUT2D eigenvalue weighted by Crippen LogP contribution is 2.26. The van der Waals surface area contributed by atoms with Crippen molar-refractivity contribution in [3.63, 3.8) is 0 Å².